The molecule has 1 saturated heterocycles. The second kappa shape index (κ2) is 5.37. The first kappa shape index (κ1) is 14.5. The van der Waals surface area contributed by atoms with Crippen LogP contribution in [-0.2, 0) is 14.4 Å². The van der Waals surface area contributed by atoms with Crippen LogP contribution >= 0.6 is 0 Å². The van der Waals surface area contributed by atoms with E-state index in [-0.39, 0.29) is 24.8 Å². The third-order valence-corrected chi connectivity index (χ3v) is 2.92. The molecular weight excluding hydrogens is 236 g/mol. The van der Waals surface area contributed by atoms with Crippen molar-refractivity contribution in [1.29, 1.82) is 0 Å². The number of rotatable bonds is 4. The average molecular weight is 256 g/mol. The Morgan fingerprint density at radius 3 is 2.44 bits per heavy atom. The molecule has 1 atom stereocenters. The molecule has 1 rings (SSSR count). The number of carboxylic acid groups (broad SMARTS) is 1. The molecule has 0 aromatic heterocycles. The van der Waals surface area contributed by atoms with Crippen LogP contribution in [0.25, 0.3) is 0 Å². The van der Waals surface area contributed by atoms with E-state index in [1.165, 1.54) is 4.90 Å². The lowest BCUT2D eigenvalue weighted by Gasteiger charge is -2.37. The quantitative estimate of drug-likeness (QED) is 0.760. The molecule has 18 heavy (non-hydrogen) atoms. The van der Waals surface area contributed by atoms with E-state index in [1.807, 2.05) is 20.8 Å². The maximum Gasteiger partial charge on any atom is 0.305 e. The van der Waals surface area contributed by atoms with Gasteiger partial charge in [-0.05, 0) is 27.2 Å². The van der Waals surface area contributed by atoms with Crippen molar-refractivity contribution < 1.29 is 19.5 Å². The van der Waals surface area contributed by atoms with Crippen LogP contribution in [-0.4, -0.2) is 45.9 Å². The molecule has 1 aliphatic rings. The van der Waals surface area contributed by atoms with Crippen LogP contribution < -0.4 is 5.32 Å². The molecule has 0 aromatic carbocycles. The summed E-state index contributed by atoms with van der Waals surface area (Å²) in [4.78, 5) is 35.5. The molecule has 1 heterocycles. The molecule has 0 spiro atoms. The summed E-state index contributed by atoms with van der Waals surface area (Å²) in [6.45, 7) is 5.71. The number of carboxylic acids is 1. The molecule has 1 fully saturated rings. The van der Waals surface area contributed by atoms with Gasteiger partial charge in [-0.2, -0.15) is 0 Å². The molecule has 0 bridgehead atoms. The number of hydrogen-bond donors (Lipinski definition) is 2. The van der Waals surface area contributed by atoms with Crippen LogP contribution in [0, 0.1) is 0 Å². The number of nitrogens with zero attached hydrogens (tertiary/aromatic N) is 1. The monoisotopic (exact) mass is 256 g/mol. The molecule has 2 amide bonds. The predicted molar refractivity (Wildman–Crippen MR) is 64.9 cm³/mol. The summed E-state index contributed by atoms with van der Waals surface area (Å²) >= 11 is 0. The standard InChI is InChI=1S/C12H20N2O4/c1-12(2,3)14(7-6-10(16)17)11(18)8-4-5-9(15)13-8/h8H,4-7H2,1-3H3,(H,13,15)(H,16,17)/t8-/m0/s1. The minimum atomic E-state index is -0.937. The fraction of sp³-hybridized carbons (Fsp3) is 0.750. The average Bonchev–Trinajstić information content (AvgIpc) is 2.62. The van der Waals surface area contributed by atoms with Crippen LogP contribution in [0.5, 0.6) is 0 Å². The summed E-state index contributed by atoms with van der Waals surface area (Å²) in [6.07, 6.45) is 0.744. The van der Waals surface area contributed by atoms with Gasteiger partial charge >= 0.3 is 5.97 Å². The first-order valence-electron chi connectivity index (χ1n) is 6.04. The summed E-state index contributed by atoms with van der Waals surface area (Å²) in [6, 6.07) is -0.509. The molecule has 6 heteroatoms. The highest BCUT2D eigenvalue weighted by Crippen LogP contribution is 2.18. The van der Waals surface area contributed by atoms with Crippen LogP contribution in [0.1, 0.15) is 40.0 Å². The van der Waals surface area contributed by atoms with Crippen molar-refractivity contribution in [2.75, 3.05) is 6.54 Å². The molecule has 2 N–H and O–H groups in total. The van der Waals surface area contributed by atoms with Gasteiger partial charge < -0.3 is 15.3 Å². The summed E-state index contributed by atoms with van der Waals surface area (Å²) in [5.41, 5.74) is -0.458. The van der Waals surface area contributed by atoms with Crippen molar-refractivity contribution >= 4 is 17.8 Å². The molecule has 0 aromatic rings. The summed E-state index contributed by atoms with van der Waals surface area (Å²) in [5, 5.41) is 11.3. The Balaban J connectivity index is 2.73. The summed E-state index contributed by atoms with van der Waals surface area (Å²) < 4.78 is 0. The predicted octanol–water partition coefficient (Wildman–Crippen LogP) is 0.367. The second-order valence-electron chi connectivity index (χ2n) is 5.46. The van der Waals surface area contributed by atoms with Crippen molar-refractivity contribution in [1.82, 2.24) is 10.2 Å². The Morgan fingerprint density at radius 1 is 1.44 bits per heavy atom. The Labute approximate surface area is 106 Å². The molecule has 0 saturated carbocycles. The smallest absolute Gasteiger partial charge is 0.305 e. The zero-order valence-electron chi connectivity index (χ0n) is 11.0. The van der Waals surface area contributed by atoms with Gasteiger partial charge in [-0.3, -0.25) is 14.4 Å². The van der Waals surface area contributed by atoms with Gasteiger partial charge in [-0.1, -0.05) is 0 Å². The Hall–Kier alpha value is -1.59. The molecule has 0 radical (unpaired) electrons. The highest BCUT2D eigenvalue weighted by molar-refractivity contribution is 5.91. The second-order valence-corrected chi connectivity index (χ2v) is 5.46. The van der Waals surface area contributed by atoms with Crippen LogP contribution in [0.2, 0.25) is 0 Å². The fourth-order valence-corrected chi connectivity index (χ4v) is 1.97. The van der Waals surface area contributed by atoms with E-state index < -0.39 is 17.6 Å². The molecular formula is C12H20N2O4. The van der Waals surface area contributed by atoms with Crippen molar-refractivity contribution in [2.24, 2.45) is 0 Å². The van der Waals surface area contributed by atoms with Gasteiger partial charge in [0.2, 0.25) is 11.8 Å². The van der Waals surface area contributed by atoms with E-state index in [0.717, 1.165) is 0 Å². The number of hydrogen-bond acceptors (Lipinski definition) is 3. The largest absolute Gasteiger partial charge is 0.481 e. The first-order valence-corrected chi connectivity index (χ1v) is 6.04. The van der Waals surface area contributed by atoms with Gasteiger partial charge in [0.05, 0.1) is 6.42 Å². The van der Waals surface area contributed by atoms with Crippen molar-refractivity contribution in [2.45, 2.75) is 51.6 Å². The Kier molecular flexibility index (Phi) is 4.32. The van der Waals surface area contributed by atoms with Gasteiger partial charge in [0.25, 0.3) is 0 Å². The summed E-state index contributed by atoms with van der Waals surface area (Å²) in [7, 11) is 0. The van der Waals surface area contributed by atoms with Gasteiger partial charge in [0.15, 0.2) is 0 Å². The number of aliphatic carboxylic acids is 1. The van der Waals surface area contributed by atoms with Crippen LogP contribution in [0.3, 0.4) is 0 Å². The topological polar surface area (TPSA) is 86.7 Å². The van der Waals surface area contributed by atoms with Crippen molar-refractivity contribution in [3.05, 3.63) is 0 Å². The van der Waals surface area contributed by atoms with Crippen molar-refractivity contribution in [3.8, 4) is 0 Å². The first-order chi connectivity index (χ1) is 8.21. The number of carbonyl (C=O) groups is 3. The third kappa shape index (κ3) is 3.72. The van der Waals surface area contributed by atoms with E-state index in [0.29, 0.717) is 12.8 Å². The molecule has 0 unspecified atom stereocenters. The van der Waals surface area contributed by atoms with Crippen molar-refractivity contribution in [3.63, 3.8) is 0 Å². The minimum absolute atomic E-state index is 0.0936. The molecule has 102 valence electrons. The fourth-order valence-electron chi connectivity index (χ4n) is 1.97. The molecule has 1 aliphatic heterocycles. The minimum Gasteiger partial charge on any atom is -0.481 e. The lowest BCUT2D eigenvalue weighted by molar-refractivity contribution is -0.142. The van der Waals surface area contributed by atoms with Gasteiger partial charge in [0, 0.05) is 18.5 Å². The normalized spacial score (nSPS) is 19.5. The van der Waals surface area contributed by atoms with E-state index in [9.17, 15) is 14.4 Å². The van der Waals surface area contributed by atoms with Gasteiger partial charge in [-0.25, -0.2) is 0 Å². The highest BCUT2D eigenvalue weighted by atomic mass is 16.4. The van der Waals surface area contributed by atoms with Gasteiger partial charge in [-0.15, -0.1) is 0 Å². The highest BCUT2D eigenvalue weighted by Gasteiger charge is 2.35. The van der Waals surface area contributed by atoms with Crippen LogP contribution in [0.4, 0.5) is 0 Å². The zero-order chi connectivity index (χ0) is 13.9. The number of nitrogens with one attached hydrogen (secondary N) is 1. The van der Waals surface area contributed by atoms with E-state index >= 15 is 0 Å². The third-order valence-electron chi connectivity index (χ3n) is 2.92. The van der Waals surface area contributed by atoms with Crippen LogP contribution in [0.15, 0.2) is 0 Å². The summed E-state index contributed by atoms with van der Waals surface area (Å²) in [5.74, 6) is -1.26. The Morgan fingerprint density at radius 2 is 2.06 bits per heavy atom. The Bertz CT molecular complexity index is 360. The van der Waals surface area contributed by atoms with E-state index in [1.54, 1.807) is 0 Å². The maximum absolute atomic E-state index is 12.3. The van der Waals surface area contributed by atoms with E-state index in [2.05, 4.69) is 5.32 Å². The van der Waals surface area contributed by atoms with Gasteiger partial charge in [0.1, 0.15) is 6.04 Å². The lowest BCUT2D eigenvalue weighted by Crippen LogP contribution is -2.53. The zero-order valence-corrected chi connectivity index (χ0v) is 11.0. The maximum atomic E-state index is 12.3. The number of amides is 2. The SMILES string of the molecule is CC(C)(C)N(CCC(=O)O)C(=O)[C@@H]1CCC(=O)N1. The lowest BCUT2D eigenvalue weighted by atomic mass is 10.0. The van der Waals surface area contributed by atoms with E-state index in [4.69, 9.17) is 5.11 Å². The molecule has 6 nitrogen and oxygen atoms in total. The molecule has 0 aliphatic carbocycles. The number of carbonyl (C=O) groups excluding carboxylic acids is 2.